The Hall–Kier alpha value is -2.08. The predicted octanol–water partition coefficient (Wildman–Crippen LogP) is 2.41. The van der Waals surface area contributed by atoms with Crippen molar-refractivity contribution in [1.82, 2.24) is 0 Å². The maximum Gasteiger partial charge on any atom is 0.316 e. The summed E-state index contributed by atoms with van der Waals surface area (Å²) >= 11 is 0. The molecule has 6 heteroatoms. The summed E-state index contributed by atoms with van der Waals surface area (Å²) in [6.45, 7) is 0. The summed E-state index contributed by atoms with van der Waals surface area (Å²) in [5, 5.41) is 5.27. The van der Waals surface area contributed by atoms with Crippen LogP contribution in [0.4, 0.5) is 16.2 Å². The van der Waals surface area contributed by atoms with Crippen LogP contribution in [0, 0.1) is 5.92 Å². The standard InChI is InChI=1S/C16H24N4O2/c17-14(10-11-4-2-1-3-5-11)15(21)19-12-6-8-13(9-7-12)20-16(18)22/h6-9,11,14H,1-5,10,17H2,(H,19,21)(H3,18,20,22). The van der Waals surface area contributed by atoms with Gasteiger partial charge in [-0.05, 0) is 36.6 Å². The number of benzene rings is 1. The number of nitrogens with one attached hydrogen (secondary N) is 2. The van der Waals surface area contributed by atoms with Gasteiger partial charge in [0.05, 0.1) is 6.04 Å². The molecule has 0 heterocycles. The first-order chi connectivity index (χ1) is 10.5. The molecule has 120 valence electrons. The second-order valence-corrected chi connectivity index (χ2v) is 5.90. The Kier molecular flexibility index (Phi) is 5.77. The van der Waals surface area contributed by atoms with E-state index in [4.69, 9.17) is 11.5 Å². The number of rotatable bonds is 5. The molecule has 0 aliphatic heterocycles. The van der Waals surface area contributed by atoms with Crippen LogP contribution < -0.4 is 22.1 Å². The second kappa shape index (κ2) is 7.79. The summed E-state index contributed by atoms with van der Waals surface area (Å²) in [5.41, 5.74) is 12.3. The topological polar surface area (TPSA) is 110 Å². The Bertz CT molecular complexity index is 509. The molecule has 1 unspecified atom stereocenters. The van der Waals surface area contributed by atoms with Gasteiger partial charge in [0.25, 0.3) is 0 Å². The Morgan fingerprint density at radius 3 is 2.14 bits per heavy atom. The third-order valence-electron chi connectivity index (χ3n) is 4.07. The van der Waals surface area contributed by atoms with E-state index in [1.807, 2.05) is 0 Å². The predicted molar refractivity (Wildman–Crippen MR) is 87.4 cm³/mol. The van der Waals surface area contributed by atoms with Gasteiger partial charge in [-0.15, -0.1) is 0 Å². The van der Waals surface area contributed by atoms with Crippen molar-refractivity contribution >= 4 is 23.3 Å². The van der Waals surface area contributed by atoms with E-state index in [2.05, 4.69) is 10.6 Å². The maximum atomic E-state index is 12.1. The lowest BCUT2D eigenvalue weighted by Gasteiger charge is -2.24. The summed E-state index contributed by atoms with van der Waals surface area (Å²) in [7, 11) is 0. The van der Waals surface area contributed by atoms with E-state index in [-0.39, 0.29) is 5.91 Å². The van der Waals surface area contributed by atoms with Gasteiger partial charge in [-0.3, -0.25) is 4.79 Å². The van der Waals surface area contributed by atoms with Crippen LogP contribution in [0.1, 0.15) is 38.5 Å². The molecule has 6 nitrogen and oxygen atoms in total. The van der Waals surface area contributed by atoms with Crippen LogP contribution in [-0.4, -0.2) is 18.0 Å². The molecule has 2 rings (SSSR count). The summed E-state index contributed by atoms with van der Waals surface area (Å²) in [6, 6.07) is 5.66. The van der Waals surface area contributed by atoms with Crippen molar-refractivity contribution < 1.29 is 9.59 Å². The molecular weight excluding hydrogens is 280 g/mol. The van der Waals surface area contributed by atoms with Gasteiger partial charge >= 0.3 is 6.03 Å². The number of urea groups is 1. The quantitative estimate of drug-likeness (QED) is 0.670. The van der Waals surface area contributed by atoms with Gasteiger partial charge < -0.3 is 22.1 Å². The lowest BCUT2D eigenvalue weighted by Crippen LogP contribution is -2.37. The summed E-state index contributed by atoms with van der Waals surface area (Å²) in [4.78, 5) is 22.9. The van der Waals surface area contributed by atoms with E-state index >= 15 is 0 Å². The number of primary amides is 1. The largest absolute Gasteiger partial charge is 0.351 e. The Morgan fingerprint density at radius 1 is 1.05 bits per heavy atom. The first-order valence-electron chi connectivity index (χ1n) is 7.77. The SMILES string of the molecule is NC(=O)Nc1ccc(NC(=O)C(N)CC2CCCCC2)cc1. The fraction of sp³-hybridized carbons (Fsp3) is 0.500. The Morgan fingerprint density at radius 2 is 1.59 bits per heavy atom. The minimum atomic E-state index is -0.619. The average molecular weight is 304 g/mol. The fourth-order valence-corrected chi connectivity index (χ4v) is 2.90. The van der Waals surface area contributed by atoms with Crippen molar-refractivity contribution in [1.29, 1.82) is 0 Å². The molecule has 1 aromatic rings. The number of carbonyl (C=O) groups is 2. The van der Waals surface area contributed by atoms with Gasteiger partial charge in [0.2, 0.25) is 5.91 Å². The highest BCUT2D eigenvalue weighted by Crippen LogP contribution is 2.27. The van der Waals surface area contributed by atoms with Gasteiger partial charge in [-0.25, -0.2) is 4.79 Å². The average Bonchev–Trinajstić information content (AvgIpc) is 2.49. The molecule has 1 aromatic carbocycles. The van der Waals surface area contributed by atoms with Crippen molar-refractivity contribution in [2.24, 2.45) is 17.4 Å². The number of anilines is 2. The van der Waals surface area contributed by atoms with E-state index in [0.29, 0.717) is 17.3 Å². The number of hydrogen-bond donors (Lipinski definition) is 4. The Balaban J connectivity index is 1.83. The molecule has 1 atom stereocenters. The molecule has 0 saturated heterocycles. The Labute approximate surface area is 130 Å². The molecule has 0 spiro atoms. The van der Waals surface area contributed by atoms with Crippen molar-refractivity contribution in [3.8, 4) is 0 Å². The van der Waals surface area contributed by atoms with Crippen LogP contribution in [0.3, 0.4) is 0 Å². The molecule has 3 amide bonds. The molecule has 22 heavy (non-hydrogen) atoms. The minimum Gasteiger partial charge on any atom is -0.351 e. The van der Waals surface area contributed by atoms with Gasteiger partial charge in [0, 0.05) is 11.4 Å². The molecule has 1 aliphatic carbocycles. The molecule has 1 fully saturated rings. The lowest BCUT2D eigenvalue weighted by molar-refractivity contribution is -0.117. The number of hydrogen-bond acceptors (Lipinski definition) is 3. The molecule has 6 N–H and O–H groups in total. The van der Waals surface area contributed by atoms with E-state index < -0.39 is 12.1 Å². The highest BCUT2D eigenvalue weighted by Gasteiger charge is 2.21. The molecule has 0 aromatic heterocycles. The summed E-state index contributed by atoms with van der Waals surface area (Å²) in [5.74, 6) is 0.401. The summed E-state index contributed by atoms with van der Waals surface area (Å²) < 4.78 is 0. The molecule has 1 aliphatic rings. The number of amides is 3. The van der Waals surface area contributed by atoms with Crippen molar-refractivity contribution in [2.45, 2.75) is 44.6 Å². The molecular formula is C16H24N4O2. The first kappa shape index (κ1) is 16.3. The maximum absolute atomic E-state index is 12.1. The highest BCUT2D eigenvalue weighted by molar-refractivity contribution is 5.95. The second-order valence-electron chi connectivity index (χ2n) is 5.90. The number of carbonyl (C=O) groups excluding carboxylic acids is 2. The van der Waals surface area contributed by atoms with Crippen LogP contribution in [0.15, 0.2) is 24.3 Å². The van der Waals surface area contributed by atoms with Crippen LogP contribution in [0.2, 0.25) is 0 Å². The zero-order valence-corrected chi connectivity index (χ0v) is 12.7. The van der Waals surface area contributed by atoms with Crippen LogP contribution >= 0.6 is 0 Å². The lowest BCUT2D eigenvalue weighted by atomic mass is 9.85. The van der Waals surface area contributed by atoms with Crippen molar-refractivity contribution in [3.05, 3.63) is 24.3 Å². The van der Waals surface area contributed by atoms with Gasteiger partial charge in [-0.2, -0.15) is 0 Å². The van der Waals surface area contributed by atoms with Gasteiger partial charge in [-0.1, -0.05) is 32.1 Å². The van der Waals surface area contributed by atoms with Gasteiger partial charge in [0.15, 0.2) is 0 Å². The molecule has 0 radical (unpaired) electrons. The van der Waals surface area contributed by atoms with Crippen LogP contribution in [-0.2, 0) is 4.79 Å². The summed E-state index contributed by atoms with van der Waals surface area (Å²) in [6.07, 6.45) is 6.88. The zero-order chi connectivity index (χ0) is 15.9. The third-order valence-corrected chi connectivity index (χ3v) is 4.07. The monoisotopic (exact) mass is 304 g/mol. The van der Waals surface area contributed by atoms with Crippen LogP contribution in [0.25, 0.3) is 0 Å². The van der Waals surface area contributed by atoms with Crippen molar-refractivity contribution in [2.75, 3.05) is 10.6 Å². The molecule has 1 saturated carbocycles. The highest BCUT2D eigenvalue weighted by atomic mass is 16.2. The van der Waals surface area contributed by atoms with Gasteiger partial charge in [0.1, 0.15) is 0 Å². The molecule has 0 bridgehead atoms. The van der Waals surface area contributed by atoms with E-state index in [0.717, 1.165) is 6.42 Å². The smallest absolute Gasteiger partial charge is 0.316 e. The van der Waals surface area contributed by atoms with E-state index in [1.165, 1.54) is 32.1 Å². The zero-order valence-electron chi connectivity index (χ0n) is 12.7. The van der Waals surface area contributed by atoms with Crippen LogP contribution in [0.5, 0.6) is 0 Å². The van der Waals surface area contributed by atoms with E-state index in [1.54, 1.807) is 24.3 Å². The minimum absolute atomic E-state index is 0.166. The first-order valence-corrected chi connectivity index (χ1v) is 7.77. The fourth-order valence-electron chi connectivity index (χ4n) is 2.90. The normalized spacial score (nSPS) is 16.8. The van der Waals surface area contributed by atoms with E-state index in [9.17, 15) is 9.59 Å². The number of nitrogens with two attached hydrogens (primary N) is 2. The van der Waals surface area contributed by atoms with Crippen molar-refractivity contribution in [3.63, 3.8) is 0 Å². The third kappa shape index (κ3) is 5.04.